The van der Waals surface area contributed by atoms with E-state index in [1.54, 1.807) is 7.11 Å². The molecular weight excluding hydrogens is 214 g/mol. The summed E-state index contributed by atoms with van der Waals surface area (Å²) in [6.45, 7) is 3.31. The SMILES string of the molecule is COc1cc(CN2CCCC2)ccc1C(=N)N. The molecule has 0 unspecified atom stereocenters. The zero-order valence-corrected chi connectivity index (χ0v) is 10.2. The molecule has 1 saturated heterocycles. The molecule has 3 N–H and O–H groups in total. The summed E-state index contributed by atoms with van der Waals surface area (Å²) in [5.41, 5.74) is 7.38. The van der Waals surface area contributed by atoms with Crippen molar-refractivity contribution in [2.45, 2.75) is 19.4 Å². The van der Waals surface area contributed by atoms with E-state index in [4.69, 9.17) is 15.9 Å². The van der Waals surface area contributed by atoms with Gasteiger partial charge in [0.2, 0.25) is 0 Å². The summed E-state index contributed by atoms with van der Waals surface area (Å²) in [5.74, 6) is 0.740. The lowest BCUT2D eigenvalue weighted by Crippen LogP contribution is -2.19. The van der Waals surface area contributed by atoms with Crippen molar-refractivity contribution in [2.24, 2.45) is 5.73 Å². The van der Waals surface area contributed by atoms with Crippen LogP contribution in [0.1, 0.15) is 24.0 Å². The molecule has 1 heterocycles. The number of benzene rings is 1. The predicted octanol–water partition coefficient (Wildman–Crippen LogP) is 1.58. The van der Waals surface area contributed by atoms with Crippen molar-refractivity contribution < 1.29 is 4.74 Å². The van der Waals surface area contributed by atoms with Gasteiger partial charge in [-0.15, -0.1) is 0 Å². The fourth-order valence-electron chi connectivity index (χ4n) is 2.26. The van der Waals surface area contributed by atoms with Crippen molar-refractivity contribution in [3.63, 3.8) is 0 Å². The number of methoxy groups -OCH3 is 1. The van der Waals surface area contributed by atoms with Crippen molar-refractivity contribution in [1.29, 1.82) is 5.41 Å². The Labute approximate surface area is 102 Å². The van der Waals surface area contributed by atoms with E-state index in [2.05, 4.69) is 4.90 Å². The van der Waals surface area contributed by atoms with Crippen molar-refractivity contribution in [1.82, 2.24) is 4.90 Å². The Kier molecular flexibility index (Phi) is 3.64. The first-order valence-corrected chi connectivity index (χ1v) is 5.94. The van der Waals surface area contributed by atoms with Crippen LogP contribution in [0.3, 0.4) is 0 Å². The van der Waals surface area contributed by atoms with E-state index in [1.165, 1.54) is 31.5 Å². The molecule has 0 saturated carbocycles. The summed E-state index contributed by atoms with van der Waals surface area (Å²) in [5, 5.41) is 7.46. The topological polar surface area (TPSA) is 62.3 Å². The molecule has 92 valence electrons. The molecule has 4 nitrogen and oxygen atoms in total. The molecule has 4 heteroatoms. The second kappa shape index (κ2) is 5.19. The van der Waals surface area contributed by atoms with E-state index >= 15 is 0 Å². The summed E-state index contributed by atoms with van der Waals surface area (Å²) < 4.78 is 5.27. The molecule has 0 spiro atoms. The smallest absolute Gasteiger partial charge is 0.130 e. The number of hydrogen-bond acceptors (Lipinski definition) is 3. The number of nitrogens with zero attached hydrogens (tertiary/aromatic N) is 1. The second-order valence-electron chi connectivity index (χ2n) is 4.43. The van der Waals surface area contributed by atoms with Gasteiger partial charge in [-0.3, -0.25) is 10.3 Å². The lowest BCUT2D eigenvalue weighted by molar-refractivity contribution is 0.330. The van der Waals surface area contributed by atoms with Gasteiger partial charge in [-0.05, 0) is 43.6 Å². The normalized spacial score (nSPS) is 16.1. The summed E-state index contributed by atoms with van der Waals surface area (Å²) >= 11 is 0. The van der Waals surface area contributed by atoms with Gasteiger partial charge < -0.3 is 10.5 Å². The van der Waals surface area contributed by atoms with E-state index in [0.717, 1.165) is 6.54 Å². The maximum absolute atomic E-state index is 7.46. The average Bonchev–Trinajstić information content (AvgIpc) is 2.81. The van der Waals surface area contributed by atoms with Gasteiger partial charge in [0.05, 0.1) is 12.7 Å². The van der Waals surface area contributed by atoms with Crippen molar-refractivity contribution in [3.8, 4) is 5.75 Å². The highest BCUT2D eigenvalue weighted by Gasteiger charge is 2.13. The molecule has 0 atom stereocenters. The first-order chi connectivity index (χ1) is 8.20. The Hall–Kier alpha value is -1.55. The predicted molar refractivity (Wildman–Crippen MR) is 68.5 cm³/mol. The zero-order chi connectivity index (χ0) is 12.3. The van der Waals surface area contributed by atoms with Crippen LogP contribution >= 0.6 is 0 Å². The molecule has 1 fully saturated rings. The maximum atomic E-state index is 7.46. The minimum atomic E-state index is 0.0505. The summed E-state index contributed by atoms with van der Waals surface area (Å²) in [4.78, 5) is 2.43. The van der Waals surface area contributed by atoms with E-state index in [0.29, 0.717) is 11.3 Å². The number of rotatable bonds is 4. The summed E-state index contributed by atoms with van der Waals surface area (Å²) in [7, 11) is 1.61. The number of nitrogen functional groups attached to an aromatic ring is 1. The molecule has 0 bridgehead atoms. The van der Waals surface area contributed by atoms with Gasteiger partial charge in [0.15, 0.2) is 0 Å². The molecule has 17 heavy (non-hydrogen) atoms. The van der Waals surface area contributed by atoms with Gasteiger partial charge >= 0.3 is 0 Å². The lowest BCUT2D eigenvalue weighted by Gasteiger charge is -2.16. The van der Waals surface area contributed by atoms with Crippen LogP contribution in [0.2, 0.25) is 0 Å². The van der Waals surface area contributed by atoms with Crippen LogP contribution < -0.4 is 10.5 Å². The third kappa shape index (κ3) is 2.77. The monoisotopic (exact) mass is 233 g/mol. The maximum Gasteiger partial charge on any atom is 0.130 e. The second-order valence-corrected chi connectivity index (χ2v) is 4.43. The van der Waals surface area contributed by atoms with Gasteiger partial charge in [-0.25, -0.2) is 0 Å². The van der Waals surface area contributed by atoms with Crippen LogP contribution in [-0.2, 0) is 6.54 Å². The number of ether oxygens (including phenoxy) is 1. The highest BCUT2D eigenvalue weighted by Crippen LogP contribution is 2.21. The van der Waals surface area contributed by atoms with Crippen LogP contribution in [0.25, 0.3) is 0 Å². The van der Waals surface area contributed by atoms with Crippen molar-refractivity contribution in [3.05, 3.63) is 29.3 Å². The quantitative estimate of drug-likeness (QED) is 0.613. The highest BCUT2D eigenvalue weighted by molar-refractivity contribution is 5.97. The van der Waals surface area contributed by atoms with E-state index in [-0.39, 0.29) is 5.84 Å². The third-order valence-electron chi connectivity index (χ3n) is 3.16. The molecule has 1 aliphatic heterocycles. The van der Waals surface area contributed by atoms with E-state index in [1.807, 2.05) is 18.2 Å². The van der Waals surface area contributed by atoms with Crippen molar-refractivity contribution >= 4 is 5.84 Å². The Bertz CT molecular complexity index is 411. The third-order valence-corrected chi connectivity index (χ3v) is 3.16. The number of nitrogens with two attached hydrogens (primary N) is 1. The number of hydrogen-bond donors (Lipinski definition) is 2. The lowest BCUT2D eigenvalue weighted by atomic mass is 10.1. The molecular formula is C13H19N3O. The minimum absolute atomic E-state index is 0.0505. The Balaban J connectivity index is 2.15. The van der Waals surface area contributed by atoms with Crippen molar-refractivity contribution in [2.75, 3.05) is 20.2 Å². The van der Waals surface area contributed by atoms with E-state index < -0.39 is 0 Å². The molecule has 0 amide bonds. The number of likely N-dealkylation sites (tertiary alicyclic amines) is 1. The molecule has 0 aromatic heterocycles. The fraction of sp³-hybridized carbons (Fsp3) is 0.462. The molecule has 1 aromatic rings. The average molecular weight is 233 g/mol. The standard InChI is InChI=1S/C13H19N3O/c1-17-12-8-10(4-5-11(12)13(14)15)9-16-6-2-3-7-16/h4-5,8H,2-3,6-7,9H2,1H3,(H3,14,15). The zero-order valence-electron chi connectivity index (χ0n) is 10.2. The van der Waals surface area contributed by atoms with Crippen LogP contribution in [0.15, 0.2) is 18.2 Å². The van der Waals surface area contributed by atoms with Gasteiger partial charge in [0.1, 0.15) is 11.6 Å². The molecule has 2 rings (SSSR count). The Morgan fingerprint density at radius 1 is 1.41 bits per heavy atom. The minimum Gasteiger partial charge on any atom is -0.496 e. The Morgan fingerprint density at radius 3 is 2.71 bits per heavy atom. The van der Waals surface area contributed by atoms with Crippen LogP contribution in [0, 0.1) is 5.41 Å². The molecule has 0 aliphatic carbocycles. The largest absolute Gasteiger partial charge is 0.496 e. The van der Waals surface area contributed by atoms with Crippen LogP contribution in [0.5, 0.6) is 5.75 Å². The molecule has 1 aliphatic rings. The van der Waals surface area contributed by atoms with Crippen LogP contribution in [-0.4, -0.2) is 30.9 Å². The Morgan fingerprint density at radius 2 is 2.12 bits per heavy atom. The number of amidine groups is 1. The van der Waals surface area contributed by atoms with Gasteiger partial charge in [-0.2, -0.15) is 0 Å². The number of nitrogens with one attached hydrogen (secondary N) is 1. The first-order valence-electron chi connectivity index (χ1n) is 5.94. The molecule has 0 radical (unpaired) electrons. The fourth-order valence-corrected chi connectivity index (χ4v) is 2.26. The van der Waals surface area contributed by atoms with Crippen LogP contribution in [0.4, 0.5) is 0 Å². The first kappa shape index (κ1) is 11.9. The van der Waals surface area contributed by atoms with E-state index in [9.17, 15) is 0 Å². The van der Waals surface area contributed by atoms with Gasteiger partial charge in [0, 0.05) is 6.54 Å². The summed E-state index contributed by atoms with van der Waals surface area (Å²) in [6.07, 6.45) is 2.59. The van der Waals surface area contributed by atoms with Gasteiger partial charge in [-0.1, -0.05) is 6.07 Å². The summed E-state index contributed by atoms with van der Waals surface area (Å²) in [6, 6.07) is 5.87. The van der Waals surface area contributed by atoms with Gasteiger partial charge in [0.25, 0.3) is 0 Å². The molecule has 1 aromatic carbocycles. The highest BCUT2D eigenvalue weighted by atomic mass is 16.5.